The summed E-state index contributed by atoms with van der Waals surface area (Å²) in [6.45, 7) is 6.41. The van der Waals surface area contributed by atoms with Crippen molar-refractivity contribution in [3.8, 4) is 0 Å². The molecule has 27 heavy (non-hydrogen) atoms. The molecule has 0 aromatic heterocycles. The molecule has 0 N–H and O–H groups in total. The fraction of sp³-hybridized carbons (Fsp3) is 0.458. The van der Waals surface area contributed by atoms with Gasteiger partial charge in [0.15, 0.2) is 0 Å². The summed E-state index contributed by atoms with van der Waals surface area (Å²) >= 11 is 0. The summed E-state index contributed by atoms with van der Waals surface area (Å²) in [4.78, 5) is 18.8. The molecule has 1 aliphatic rings. The number of hydrogen-bond donors (Lipinski definition) is 0. The number of benzene rings is 2. The normalized spacial score (nSPS) is 18.8. The van der Waals surface area contributed by atoms with E-state index in [1.54, 1.807) is 7.11 Å². The average molecular weight is 366 g/mol. The van der Waals surface area contributed by atoms with Crippen molar-refractivity contribution < 1.29 is 9.63 Å². The Hall–Kier alpha value is -2.13. The summed E-state index contributed by atoms with van der Waals surface area (Å²) in [7, 11) is 1.57. The predicted octanol–water partition coefficient (Wildman–Crippen LogP) is 5.59. The Morgan fingerprint density at radius 1 is 0.926 bits per heavy atom. The molecule has 0 spiro atoms. The van der Waals surface area contributed by atoms with Gasteiger partial charge in [-0.05, 0) is 60.9 Å². The van der Waals surface area contributed by atoms with Crippen LogP contribution in [0.1, 0.15) is 68.7 Å². The van der Waals surface area contributed by atoms with E-state index in [1.807, 2.05) is 6.92 Å². The standard InChI is InChI=1S/C24H31NO2/c1-5-7-9-18-11-14-20(15-12-18)24(3)21-16-13-19(10-8-6-2)17-22(21)25(27-4)23(24)26/h11-17H,5-10H2,1-4H3. The maximum Gasteiger partial charge on any atom is 0.265 e. The highest BCUT2D eigenvalue weighted by molar-refractivity contribution is 6.08. The molecule has 2 aromatic rings. The van der Waals surface area contributed by atoms with E-state index in [1.165, 1.54) is 29.0 Å². The minimum Gasteiger partial charge on any atom is -0.271 e. The van der Waals surface area contributed by atoms with Gasteiger partial charge in [0.1, 0.15) is 5.41 Å². The van der Waals surface area contributed by atoms with Crippen molar-refractivity contribution in [3.05, 3.63) is 64.7 Å². The van der Waals surface area contributed by atoms with Crippen LogP contribution in [0.3, 0.4) is 0 Å². The van der Waals surface area contributed by atoms with Crippen molar-refractivity contribution in [2.75, 3.05) is 12.2 Å². The second kappa shape index (κ2) is 8.26. The van der Waals surface area contributed by atoms with E-state index in [-0.39, 0.29) is 5.91 Å². The topological polar surface area (TPSA) is 29.5 Å². The highest BCUT2D eigenvalue weighted by atomic mass is 16.7. The van der Waals surface area contributed by atoms with Crippen LogP contribution in [-0.4, -0.2) is 13.0 Å². The van der Waals surface area contributed by atoms with Gasteiger partial charge in [-0.1, -0.05) is 63.1 Å². The fourth-order valence-corrected chi connectivity index (χ4v) is 3.98. The van der Waals surface area contributed by atoms with Crippen LogP contribution in [0.15, 0.2) is 42.5 Å². The minimum atomic E-state index is -0.710. The first-order chi connectivity index (χ1) is 13.1. The fourth-order valence-electron chi connectivity index (χ4n) is 3.98. The van der Waals surface area contributed by atoms with E-state index in [9.17, 15) is 4.79 Å². The number of anilines is 1. The Labute approximate surface area is 163 Å². The lowest BCUT2D eigenvalue weighted by Crippen LogP contribution is -2.38. The van der Waals surface area contributed by atoms with Crippen LogP contribution in [0.25, 0.3) is 0 Å². The first-order valence-electron chi connectivity index (χ1n) is 10.2. The molecule has 0 fully saturated rings. The molecule has 2 aromatic carbocycles. The molecule has 0 aliphatic carbocycles. The number of carbonyl (C=O) groups excluding carboxylic acids is 1. The molecule has 0 saturated heterocycles. The molecule has 0 bridgehead atoms. The van der Waals surface area contributed by atoms with Crippen molar-refractivity contribution in [3.63, 3.8) is 0 Å². The molecular formula is C24H31NO2. The van der Waals surface area contributed by atoms with E-state index in [4.69, 9.17) is 4.84 Å². The maximum atomic E-state index is 13.3. The Bertz CT molecular complexity index is 797. The summed E-state index contributed by atoms with van der Waals surface area (Å²) in [5, 5.41) is 1.47. The molecule has 0 radical (unpaired) electrons. The van der Waals surface area contributed by atoms with Gasteiger partial charge in [0.05, 0.1) is 12.8 Å². The zero-order valence-corrected chi connectivity index (χ0v) is 17.0. The number of carbonyl (C=O) groups is 1. The highest BCUT2D eigenvalue weighted by Crippen LogP contribution is 2.46. The van der Waals surface area contributed by atoms with E-state index in [0.717, 1.165) is 42.5 Å². The number of aryl methyl sites for hydroxylation is 2. The molecule has 1 unspecified atom stereocenters. The highest BCUT2D eigenvalue weighted by Gasteiger charge is 2.49. The number of fused-ring (bicyclic) bond motifs is 1. The molecule has 3 nitrogen and oxygen atoms in total. The Balaban J connectivity index is 1.99. The van der Waals surface area contributed by atoms with Crippen molar-refractivity contribution in [2.24, 2.45) is 0 Å². The van der Waals surface area contributed by atoms with Gasteiger partial charge >= 0.3 is 0 Å². The van der Waals surface area contributed by atoms with Crippen LogP contribution < -0.4 is 5.06 Å². The molecule has 1 atom stereocenters. The first-order valence-corrected chi connectivity index (χ1v) is 10.2. The number of amides is 1. The van der Waals surface area contributed by atoms with E-state index < -0.39 is 5.41 Å². The summed E-state index contributed by atoms with van der Waals surface area (Å²) < 4.78 is 0. The molecule has 1 heterocycles. The first kappa shape index (κ1) is 19.6. The second-order valence-corrected chi connectivity index (χ2v) is 7.66. The molecule has 1 aliphatic heterocycles. The SMILES string of the molecule is CCCCc1ccc(C2(C)C(=O)N(OC)c3cc(CCCC)ccc32)cc1. The Kier molecular flexibility index (Phi) is 6.01. The van der Waals surface area contributed by atoms with Gasteiger partial charge < -0.3 is 0 Å². The summed E-state index contributed by atoms with van der Waals surface area (Å²) in [5.41, 5.74) is 4.80. The average Bonchev–Trinajstić information content (AvgIpc) is 2.92. The van der Waals surface area contributed by atoms with Crippen LogP contribution in [0, 0.1) is 0 Å². The van der Waals surface area contributed by atoms with E-state index in [2.05, 4.69) is 56.3 Å². The van der Waals surface area contributed by atoms with Gasteiger partial charge in [0.2, 0.25) is 0 Å². The second-order valence-electron chi connectivity index (χ2n) is 7.66. The van der Waals surface area contributed by atoms with Crippen molar-refractivity contribution >= 4 is 11.6 Å². The van der Waals surface area contributed by atoms with Crippen LogP contribution in [0.4, 0.5) is 5.69 Å². The van der Waals surface area contributed by atoms with Crippen molar-refractivity contribution in [2.45, 2.75) is 64.7 Å². The van der Waals surface area contributed by atoms with Gasteiger partial charge in [0.25, 0.3) is 5.91 Å². The molecule has 3 rings (SSSR count). The Morgan fingerprint density at radius 3 is 2.11 bits per heavy atom. The van der Waals surface area contributed by atoms with Gasteiger partial charge in [-0.3, -0.25) is 9.63 Å². The van der Waals surface area contributed by atoms with Gasteiger partial charge in [-0.15, -0.1) is 0 Å². The zero-order chi connectivity index (χ0) is 19.4. The maximum absolute atomic E-state index is 13.3. The number of nitrogens with zero attached hydrogens (tertiary/aromatic N) is 1. The summed E-state index contributed by atoms with van der Waals surface area (Å²) in [6.07, 6.45) is 6.80. The monoisotopic (exact) mass is 365 g/mol. The van der Waals surface area contributed by atoms with Crippen LogP contribution in [0.5, 0.6) is 0 Å². The minimum absolute atomic E-state index is 0.0195. The predicted molar refractivity (Wildman–Crippen MR) is 111 cm³/mol. The van der Waals surface area contributed by atoms with Gasteiger partial charge in [-0.2, -0.15) is 5.06 Å². The lowest BCUT2D eigenvalue weighted by molar-refractivity contribution is -0.127. The van der Waals surface area contributed by atoms with Gasteiger partial charge in [0, 0.05) is 0 Å². The third kappa shape index (κ3) is 3.53. The molecule has 144 valence electrons. The largest absolute Gasteiger partial charge is 0.271 e. The van der Waals surface area contributed by atoms with E-state index >= 15 is 0 Å². The number of hydrogen-bond acceptors (Lipinski definition) is 2. The summed E-state index contributed by atoms with van der Waals surface area (Å²) in [6, 6.07) is 14.9. The lowest BCUT2D eigenvalue weighted by Gasteiger charge is -2.24. The molecule has 0 saturated carbocycles. The Morgan fingerprint density at radius 2 is 1.52 bits per heavy atom. The quantitative estimate of drug-likeness (QED) is 0.610. The zero-order valence-electron chi connectivity index (χ0n) is 17.0. The van der Waals surface area contributed by atoms with Crippen LogP contribution in [0.2, 0.25) is 0 Å². The third-order valence-corrected chi connectivity index (χ3v) is 5.78. The number of unbranched alkanes of at least 4 members (excludes halogenated alkanes) is 2. The van der Waals surface area contributed by atoms with Gasteiger partial charge in [-0.25, -0.2) is 0 Å². The van der Waals surface area contributed by atoms with E-state index in [0.29, 0.717) is 0 Å². The third-order valence-electron chi connectivity index (χ3n) is 5.78. The van der Waals surface area contributed by atoms with Crippen LogP contribution >= 0.6 is 0 Å². The number of rotatable bonds is 8. The number of hydroxylamine groups is 1. The van der Waals surface area contributed by atoms with Crippen molar-refractivity contribution in [1.29, 1.82) is 0 Å². The van der Waals surface area contributed by atoms with Crippen molar-refractivity contribution in [1.82, 2.24) is 0 Å². The summed E-state index contributed by atoms with van der Waals surface area (Å²) in [5.74, 6) is -0.0195. The molecule has 1 amide bonds. The molecule has 3 heteroatoms. The molecular weight excluding hydrogens is 334 g/mol. The smallest absolute Gasteiger partial charge is 0.265 e. The lowest BCUT2D eigenvalue weighted by atomic mass is 9.76. The van der Waals surface area contributed by atoms with Crippen LogP contribution in [-0.2, 0) is 27.9 Å².